The van der Waals surface area contributed by atoms with Crippen LogP contribution in [0.2, 0.25) is 0 Å². The minimum Gasteiger partial charge on any atom is -0.448 e. The molecule has 2 rings (SSSR count). The highest BCUT2D eigenvalue weighted by atomic mass is 16.6. The maximum absolute atomic E-state index is 12.2. The number of hydrogen-bond acceptors (Lipinski definition) is 3. The van der Waals surface area contributed by atoms with Gasteiger partial charge in [0.05, 0.1) is 12.1 Å². The number of rotatable bonds is 4. The zero-order valence-electron chi connectivity index (χ0n) is 13.0. The van der Waals surface area contributed by atoms with Gasteiger partial charge in [-0.3, -0.25) is 9.69 Å². The second-order valence-corrected chi connectivity index (χ2v) is 6.06. The summed E-state index contributed by atoms with van der Waals surface area (Å²) < 4.78 is 4.95. The highest BCUT2D eigenvalue weighted by Crippen LogP contribution is 2.19. The van der Waals surface area contributed by atoms with E-state index in [4.69, 9.17) is 4.74 Å². The molecule has 0 bridgehead atoms. The predicted molar refractivity (Wildman–Crippen MR) is 80.4 cm³/mol. The summed E-state index contributed by atoms with van der Waals surface area (Å²) in [5, 5.41) is 2.89. The van der Waals surface area contributed by atoms with E-state index >= 15 is 0 Å². The highest BCUT2D eigenvalue weighted by Gasteiger charge is 2.35. The molecule has 1 N–H and O–H groups in total. The number of carbonyl (C=O) groups is 2. The van der Waals surface area contributed by atoms with Gasteiger partial charge in [0.1, 0.15) is 6.61 Å². The highest BCUT2D eigenvalue weighted by molar-refractivity contribution is 5.94. The zero-order valence-corrected chi connectivity index (χ0v) is 13.0. The minimum absolute atomic E-state index is 0.126. The molecular weight excluding hydrogens is 268 g/mol. The summed E-state index contributed by atoms with van der Waals surface area (Å²) in [6.45, 7) is 9.18. The quantitative estimate of drug-likeness (QED) is 0.925. The topological polar surface area (TPSA) is 58.6 Å². The maximum atomic E-state index is 12.2. The fourth-order valence-corrected chi connectivity index (χ4v) is 2.32. The monoisotopic (exact) mass is 290 g/mol. The molecule has 0 unspecified atom stereocenters. The van der Waals surface area contributed by atoms with Gasteiger partial charge in [-0.1, -0.05) is 6.07 Å². The van der Waals surface area contributed by atoms with Gasteiger partial charge in [-0.25, -0.2) is 4.79 Å². The van der Waals surface area contributed by atoms with E-state index in [1.165, 1.54) is 0 Å². The van der Waals surface area contributed by atoms with Crippen molar-refractivity contribution in [2.75, 3.05) is 19.7 Å². The minimum atomic E-state index is -0.469. The number of benzene rings is 1. The first-order chi connectivity index (χ1) is 9.81. The molecule has 5 heteroatoms. The Morgan fingerprint density at radius 1 is 1.33 bits per heavy atom. The Morgan fingerprint density at radius 3 is 2.62 bits per heavy atom. The average molecular weight is 290 g/mol. The smallest absolute Gasteiger partial charge is 0.410 e. The van der Waals surface area contributed by atoms with Crippen molar-refractivity contribution in [1.82, 2.24) is 10.2 Å². The van der Waals surface area contributed by atoms with E-state index in [0.717, 1.165) is 11.1 Å². The molecular formula is C16H22N2O3. The van der Waals surface area contributed by atoms with Gasteiger partial charge in [-0.05, 0) is 51.0 Å². The molecule has 1 saturated heterocycles. The number of aryl methyl sites for hydroxylation is 2. The van der Waals surface area contributed by atoms with Gasteiger partial charge in [-0.2, -0.15) is 0 Å². The van der Waals surface area contributed by atoms with Crippen LogP contribution < -0.4 is 5.32 Å². The van der Waals surface area contributed by atoms with Crippen molar-refractivity contribution < 1.29 is 14.3 Å². The molecule has 0 atom stereocenters. The Morgan fingerprint density at radius 2 is 2.05 bits per heavy atom. The summed E-state index contributed by atoms with van der Waals surface area (Å²) in [5.74, 6) is -0.126. The third-order valence-electron chi connectivity index (χ3n) is 3.94. The van der Waals surface area contributed by atoms with Crippen molar-refractivity contribution in [2.45, 2.75) is 33.2 Å². The normalized spacial score (nSPS) is 15.0. The van der Waals surface area contributed by atoms with E-state index in [1.54, 1.807) is 4.90 Å². The predicted octanol–water partition coefficient (Wildman–Crippen LogP) is 2.26. The number of cyclic esters (lactones) is 1. The first-order valence-electron chi connectivity index (χ1n) is 7.11. The first kappa shape index (κ1) is 15.4. The number of hydrogen-bond donors (Lipinski definition) is 1. The van der Waals surface area contributed by atoms with Gasteiger partial charge in [-0.15, -0.1) is 0 Å². The molecule has 1 fully saturated rings. The molecule has 1 aromatic carbocycles. The van der Waals surface area contributed by atoms with Crippen molar-refractivity contribution in [3.8, 4) is 0 Å². The molecule has 21 heavy (non-hydrogen) atoms. The van der Waals surface area contributed by atoms with Crippen molar-refractivity contribution in [3.05, 3.63) is 34.9 Å². The van der Waals surface area contributed by atoms with Crippen LogP contribution in [0.3, 0.4) is 0 Å². The van der Waals surface area contributed by atoms with Crippen molar-refractivity contribution in [3.63, 3.8) is 0 Å². The molecule has 0 spiro atoms. The summed E-state index contributed by atoms with van der Waals surface area (Å²) in [5.41, 5.74) is 2.41. The number of carbonyl (C=O) groups excluding carboxylic acids is 2. The molecule has 0 aromatic heterocycles. The summed E-state index contributed by atoms with van der Waals surface area (Å²) >= 11 is 0. The maximum Gasteiger partial charge on any atom is 0.410 e. The van der Waals surface area contributed by atoms with Crippen LogP contribution in [0.25, 0.3) is 0 Å². The molecule has 1 heterocycles. The lowest BCUT2D eigenvalue weighted by Crippen LogP contribution is -2.52. The molecule has 0 aliphatic carbocycles. The summed E-state index contributed by atoms with van der Waals surface area (Å²) in [4.78, 5) is 25.5. The van der Waals surface area contributed by atoms with Crippen LogP contribution in [0, 0.1) is 13.8 Å². The largest absolute Gasteiger partial charge is 0.448 e. The zero-order chi connectivity index (χ0) is 15.6. The lowest BCUT2D eigenvalue weighted by Gasteiger charge is -2.33. The number of amides is 2. The van der Waals surface area contributed by atoms with E-state index < -0.39 is 5.54 Å². The van der Waals surface area contributed by atoms with E-state index in [0.29, 0.717) is 25.3 Å². The first-order valence-corrected chi connectivity index (χ1v) is 7.11. The fourth-order valence-electron chi connectivity index (χ4n) is 2.32. The van der Waals surface area contributed by atoms with Gasteiger partial charge < -0.3 is 10.1 Å². The molecule has 1 aromatic rings. The lowest BCUT2D eigenvalue weighted by atomic mass is 10.0. The van der Waals surface area contributed by atoms with Crippen molar-refractivity contribution in [2.24, 2.45) is 0 Å². The number of ether oxygens (including phenoxy) is 1. The van der Waals surface area contributed by atoms with Crippen LogP contribution in [0.15, 0.2) is 18.2 Å². The Balaban J connectivity index is 1.99. The molecule has 1 aliphatic heterocycles. The van der Waals surface area contributed by atoms with Crippen LogP contribution in [-0.2, 0) is 4.74 Å². The Kier molecular flexibility index (Phi) is 4.21. The summed E-state index contributed by atoms with van der Waals surface area (Å²) in [7, 11) is 0. The van der Waals surface area contributed by atoms with E-state index in [9.17, 15) is 9.59 Å². The van der Waals surface area contributed by atoms with Crippen LogP contribution in [0.5, 0.6) is 0 Å². The van der Waals surface area contributed by atoms with Gasteiger partial charge in [0.2, 0.25) is 0 Å². The lowest BCUT2D eigenvalue weighted by molar-refractivity contribution is 0.0903. The van der Waals surface area contributed by atoms with Gasteiger partial charge >= 0.3 is 6.09 Å². The average Bonchev–Trinajstić information content (AvgIpc) is 2.86. The summed E-state index contributed by atoms with van der Waals surface area (Å²) in [6, 6.07) is 5.63. The van der Waals surface area contributed by atoms with Crippen LogP contribution in [0.4, 0.5) is 4.79 Å². The van der Waals surface area contributed by atoms with Crippen molar-refractivity contribution in [1.29, 1.82) is 0 Å². The number of nitrogens with one attached hydrogen (secondary N) is 1. The Hall–Kier alpha value is -2.04. The van der Waals surface area contributed by atoms with E-state index in [1.807, 2.05) is 45.9 Å². The summed E-state index contributed by atoms with van der Waals surface area (Å²) in [6.07, 6.45) is -0.319. The third kappa shape index (κ3) is 3.35. The Bertz CT molecular complexity index is 567. The molecule has 2 amide bonds. The molecule has 1 aliphatic rings. The van der Waals surface area contributed by atoms with Gasteiger partial charge in [0.15, 0.2) is 0 Å². The molecule has 114 valence electrons. The molecule has 0 radical (unpaired) electrons. The second kappa shape index (κ2) is 5.76. The number of nitrogens with zero attached hydrogens (tertiary/aromatic N) is 1. The second-order valence-electron chi connectivity index (χ2n) is 6.06. The molecule has 5 nitrogen and oxygen atoms in total. The fraction of sp³-hybridized carbons (Fsp3) is 0.500. The van der Waals surface area contributed by atoms with E-state index in [-0.39, 0.29) is 12.0 Å². The van der Waals surface area contributed by atoms with Crippen LogP contribution in [-0.4, -0.2) is 42.1 Å². The van der Waals surface area contributed by atoms with Crippen LogP contribution >= 0.6 is 0 Å². The SMILES string of the molecule is Cc1ccc(C(=O)NCC(C)(C)N2CCOC2=O)cc1C. The van der Waals surface area contributed by atoms with Crippen molar-refractivity contribution >= 4 is 12.0 Å². The van der Waals surface area contributed by atoms with Gasteiger partial charge in [0, 0.05) is 12.1 Å². The van der Waals surface area contributed by atoms with Gasteiger partial charge in [0.25, 0.3) is 5.91 Å². The van der Waals surface area contributed by atoms with E-state index in [2.05, 4.69) is 5.32 Å². The molecule has 0 saturated carbocycles. The third-order valence-corrected chi connectivity index (χ3v) is 3.94. The standard InChI is InChI=1S/C16H22N2O3/c1-11-5-6-13(9-12(11)2)14(19)17-10-16(3,4)18-7-8-21-15(18)20/h5-6,9H,7-8,10H2,1-4H3,(H,17,19). The van der Waals surface area contributed by atoms with Crippen LogP contribution in [0.1, 0.15) is 35.3 Å². The Labute approximate surface area is 125 Å².